The molecule has 0 saturated heterocycles. The molecular formula is C14H20ClN3O3. The Bertz CT molecular complexity index is 465. The van der Waals surface area contributed by atoms with Crippen LogP contribution >= 0.6 is 11.6 Å². The Morgan fingerprint density at radius 2 is 2.05 bits per heavy atom. The summed E-state index contributed by atoms with van der Waals surface area (Å²) in [6, 6.07) is 0. The molecule has 7 heteroatoms. The number of hydrogen-bond donors (Lipinski definition) is 2. The summed E-state index contributed by atoms with van der Waals surface area (Å²) in [6.45, 7) is 2.56. The van der Waals surface area contributed by atoms with Crippen LogP contribution in [0.2, 0.25) is 5.15 Å². The zero-order valence-electron chi connectivity index (χ0n) is 12.0. The minimum Gasteiger partial charge on any atom is -0.481 e. The van der Waals surface area contributed by atoms with E-state index in [0.717, 1.165) is 19.3 Å². The molecule has 1 rings (SSSR count). The van der Waals surface area contributed by atoms with Crippen molar-refractivity contribution >= 4 is 23.5 Å². The highest BCUT2D eigenvalue weighted by Gasteiger charge is 2.12. The number of aliphatic carboxylic acids is 1. The Morgan fingerprint density at radius 3 is 2.62 bits per heavy atom. The van der Waals surface area contributed by atoms with Gasteiger partial charge in [-0.05, 0) is 18.8 Å². The van der Waals surface area contributed by atoms with Crippen LogP contribution in [0.15, 0.2) is 12.4 Å². The van der Waals surface area contributed by atoms with Gasteiger partial charge in [-0.15, -0.1) is 0 Å². The zero-order valence-corrected chi connectivity index (χ0v) is 12.8. The highest BCUT2D eigenvalue weighted by molar-refractivity contribution is 6.29. The maximum absolute atomic E-state index is 11.8. The number of hydrogen-bond acceptors (Lipinski definition) is 4. The van der Waals surface area contributed by atoms with E-state index < -0.39 is 5.97 Å². The zero-order chi connectivity index (χ0) is 15.7. The highest BCUT2D eigenvalue weighted by atomic mass is 35.5. The average molecular weight is 314 g/mol. The molecule has 1 aromatic rings. The van der Waals surface area contributed by atoms with Gasteiger partial charge in [0.15, 0.2) is 0 Å². The first kappa shape index (κ1) is 17.4. The molecule has 116 valence electrons. The number of nitrogens with zero attached hydrogens (tertiary/aromatic N) is 2. The third kappa shape index (κ3) is 7.04. The van der Waals surface area contributed by atoms with Gasteiger partial charge in [0.2, 0.25) is 0 Å². The summed E-state index contributed by atoms with van der Waals surface area (Å²) in [5.74, 6) is -0.771. The van der Waals surface area contributed by atoms with E-state index in [1.807, 2.05) is 0 Å². The van der Waals surface area contributed by atoms with Gasteiger partial charge in [-0.25, -0.2) is 9.97 Å². The second-order valence-corrected chi connectivity index (χ2v) is 5.24. The average Bonchev–Trinajstić information content (AvgIpc) is 2.45. The first-order valence-corrected chi connectivity index (χ1v) is 7.38. The maximum Gasteiger partial charge on any atom is 0.303 e. The number of nitrogens with one attached hydrogen (secondary N) is 1. The number of carboxylic acids is 1. The predicted octanol–water partition coefficient (Wildman–Crippen LogP) is 2.53. The third-order valence-electron chi connectivity index (χ3n) is 3.15. The second-order valence-electron chi connectivity index (χ2n) is 4.86. The number of amides is 1. The summed E-state index contributed by atoms with van der Waals surface area (Å²) >= 11 is 5.60. The van der Waals surface area contributed by atoms with Crippen molar-refractivity contribution in [1.29, 1.82) is 0 Å². The molecule has 1 unspecified atom stereocenters. The van der Waals surface area contributed by atoms with Gasteiger partial charge in [-0.1, -0.05) is 31.4 Å². The number of rotatable bonds is 9. The number of carbonyl (C=O) groups excluding carboxylic acids is 1. The second kappa shape index (κ2) is 9.28. The first-order valence-electron chi connectivity index (χ1n) is 7.00. The molecule has 1 aromatic heterocycles. The molecule has 1 heterocycles. The lowest BCUT2D eigenvalue weighted by molar-refractivity contribution is -0.137. The van der Waals surface area contributed by atoms with Crippen LogP contribution < -0.4 is 5.32 Å². The molecule has 0 aromatic carbocycles. The molecule has 0 fully saturated rings. The van der Waals surface area contributed by atoms with Crippen LogP contribution in [-0.2, 0) is 4.79 Å². The Balaban J connectivity index is 2.36. The largest absolute Gasteiger partial charge is 0.481 e. The van der Waals surface area contributed by atoms with E-state index in [-0.39, 0.29) is 23.2 Å². The van der Waals surface area contributed by atoms with Gasteiger partial charge in [0.05, 0.1) is 12.4 Å². The van der Waals surface area contributed by atoms with Crippen LogP contribution in [-0.4, -0.2) is 33.5 Å². The van der Waals surface area contributed by atoms with Gasteiger partial charge in [-0.3, -0.25) is 9.59 Å². The van der Waals surface area contributed by atoms with E-state index in [4.69, 9.17) is 16.7 Å². The monoisotopic (exact) mass is 313 g/mol. The molecule has 2 N–H and O–H groups in total. The van der Waals surface area contributed by atoms with Crippen molar-refractivity contribution in [2.75, 3.05) is 6.54 Å². The van der Waals surface area contributed by atoms with Crippen molar-refractivity contribution in [2.24, 2.45) is 5.92 Å². The number of carboxylic acid groups (broad SMARTS) is 1. The molecule has 0 saturated carbocycles. The fourth-order valence-corrected chi connectivity index (χ4v) is 2.18. The Hall–Kier alpha value is -1.69. The quantitative estimate of drug-likeness (QED) is 0.731. The van der Waals surface area contributed by atoms with Crippen molar-refractivity contribution in [1.82, 2.24) is 15.3 Å². The fourth-order valence-electron chi connectivity index (χ4n) is 2.08. The van der Waals surface area contributed by atoms with Gasteiger partial charge in [-0.2, -0.15) is 0 Å². The molecule has 1 atom stereocenters. The van der Waals surface area contributed by atoms with Crippen LogP contribution in [0.5, 0.6) is 0 Å². The molecule has 0 aliphatic heterocycles. The molecule has 0 aliphatic carbocycles. The highest BCUT2D eigenvalue weighted by Crippen LogP contribution is 2.17. The van der Waals surface area contributed by atoms with Crippen LogP contribution in [0, 0.1) is 5.92 Å². The standard InChI is InChI=1S/C14H20ClN3O3/c1-2-3-10(4-5-13(19)20)6-7-16-14(21)11-8-18-12(15)9-17-11/h8-10H,2-7H2,1H3,(H,16,21)(H,19,20). The summed E-state index contributed by atoms with van der Waals surface area (Å²) < 4.78 is 0. The predicted molar refractivity (Wildman–Crippen MR) is 79.3 cm³/mol. The molecule has 0 radical (unpaired) electrons. The van der Waals surface area contributed by atoms with Gasteiger partial charge in [0.25, 0.3) is 5.91 Å². The van der Waals surface area contributed by atoms with Crippen molar-refractivity contribution in [3.63, 3.8) is 0 Å². The number of carbonyl (C=O) groups is 2. The van der Waals surface area contributed by atoms with Gasteiger partial charge >= 0.3 is 5.97 Å². The van der Waals surface area contributed by atoms with E-state index in [1.54, 1.807) is 0 Å². The van der Waals surface area contributed by atoms with E-state index in [9.17, 15) is 9.59 Å². The minimum absolute atomic E-state index is 0.168. The SMILES string of the molecule is CCCC(CCNC(=O)c1cnc(Cl)cn1)CCC(=O)O. The molecule has 0 spiro atoms. The van der Waals surface area contributed by atoms with Gasteiger partial charge in [0, 0.05) is 13.0 Å². The van der Waals surface area contributed by atoms with Crippen molar-refractivity contribution in [2.45, 2.75) is 39.0 Å². The van der Waals surface area contributed by atoms with E-state index in [2.05, 4.69) is 22.2 Å². The number of aromatic nitrogens is 2. The normalized spacial score (nSPS) is 11.9. The molecule has 6 nitrogen and oxygen atoms in total. The lowest BCUT2D eigenvalue weighted by Crippen LogP contribution is -2.27. The number of halogens is 1. The van der Waals surface area contributed by atoms with E-state index in [1.165, 1.54) is 12.4 Å². The molecule has 1 amide bonds. The topological polar surface area (TPSA) is 92.2 Å². The summed E-state index contributed by atoms with van der Waals surface area (Å²) in [4.78, 5) is 30.1. The molecule has 0 aliphatic rings. The smallest absolute Gasteiger partial charge is 0.303 e. The van der Waals surface area contributed by atoms with Crippen molar-refractivity contribution in [3.8, 4) is 0 Å². The molecule has 21 heavy (non-hydrogen) atoms. The van der Waals surface area contributed by atoms with Gasteiger partial charge < -0.3 is 10.4 Å². The molecule has 0 bridgehead atoms. The maximum atomic E-state index is 11.8. The lowest BCUT2D eigenvalue weighted by atomic mass is 9.94. The Labute approximate surface area is 128 Å². The van der Waals surface area contributed by atoms with Crippen LogP contribution in [0.1, 0.15) is 49.5 Å². The van der Waals surface area contributed by atoms with Crippen LogP contribution in [0.4, 0.5) is 0 Å². The lowest BCUT2D eigenvalue weighted by Gasteiger charge is -2.15. The Morgan fingerprint density at radius 1 is 1.29 bits per heavy atom. The Kier molecular flexibility index (Phi) is 7.68. The molecular weight excluding hydrogens is 294 g/mol. The minimum atomic E-state index is -0.781. The van der Waals surface area contributed by atoms with Crippen LogP contribution in [0.25, 0.3) is 0 Å². The van der Waals surface area contributed by atoms with E-state index >= 15 is 0 Å². The van der Waals surface area contributed by atoms with Crippen molar-refractivity contribution < 1.29 is 14.7 Å². The van der Waals surface area contributed by atoms with Crippen LogP contribution in [0.3, 0.4) is 0 Å². The third-order valence-corrected chi connectivity index (χ3v) is 3.35. The van der Waals surface area contributed by atoms with E-state index in [0.29, 0.717) is 18.9 Å². The first-order chi connectivity index (χ1) is 10.0. The summed E-state index contributed by atoms with van der Waals surface area (Å²) in [5.41, 5.74) is 0.219. The summed E-state index contributed by atoms with van der Waals surface area (Å²) in [7, 11) is 0. The summed E-state index contributed by atoms with van der Waals surface area (Å²) in [6.07, 6.45) is 6.18. The summed E-state index contributed by atoms with van der Waals surface area (Å²) in [5, 5.41) is 11.7. The van der Waals surface area contributed by atoms with Gasteiger partial charge in [0.1, 0.15) is 10.8 Å². The fraction of sp³-hybridized carbons (Fsp3) is 0.571. The van der Waals surface area contributed by atoms with Crippen molar-refractivity contribution in [3.05, 3.63) is 23.2 Å².